The second-order valence-corrected chi connectivity index (χ2v) is 12.7. The molecule has 0 spiro atoms. The summed E-state index contributed by atoms with van der Waals surface area (Å²) in [5, 5.41) is 9.20. The maximum Gasteiger partial charge on any atom is 0.338 e. The number of piperidine rings is 1. The number of thioether (sulfide) groups is 1. The van der Waals surface area contributed by atoms with Crippen molar-refractivity contribution in [1.29, 1.82) is 0 Å². The minimum Gasteiger partial charge on any atom is -0.490 e. The predicted octanol–water partition coefficient (Wildman–Crippen LogP) is 6.79. The predicted molar refractivity (Wildman–Crippen MR) is 178 cm³/mol. The Morgan fingerprint density at radius 3 is 2.71 bits per heavy atom. The number of anilines is 1. The number of carbonyl (C=O) groups is 2. The molecule has 0 bridgehead atoms. The summed E-state index contributed by atoms with van der Waals surface area (Å²) in [6.07, 6.45) is 4.65. The van der Waals surface area contributed by atoms with Crippen LogP contribution in [0.15, 0.2) is 70.0 Å². The van der Waals surface area contributed by atoms with Crippen LogP contribution in [0.5, 0.6) is 11.5 Å². The van der Waals surface area contributed by atoms with E-state index >= 15 is 0 Å². The lowest BCUT2D eigenvalue weighted by Gasteiger charge is -2.29. The van der Waals surface area contributed by atoms with Crippen molar-refractivity contribution in [3.05, 3.63) is 80.9 Å². The number of rotatable bonds is 12. The average Bonchev–Trinajstić information content (AvgIpc) is 3.44. The van der Waals surface area contributed by atoms with E-state index in [0.29, 0.717) is 61.3 Å². The van der Waals surface area contributed by atoms with Crippen molar-refractivity contribution in [2.24, 2.45) is 0 Å². The van der Waals surface area contributed by atoms with E-state index in [0.717, 1.165) is 37.9 Å². The van der Waals surface area contributed by atoms with Gasteiger partial charge in [0.25, 0.3) is 5.91 Å². The van der Waals surface area contributed by atoms with Crippen molar-refractivity contribution >= 4 is 57.1 Å². The third-order valence-electron chi connectivity index (χ3n) is 7.40. The van der Waals surface area contributed by atoms with Gasteiger partial charge in [-0.25, -0.2) is 9.48 Å². The first kappa shape index (κ1) is 32.9. The highest BCUT2D eigenvalue weighted by Crippen LogP contribution is 2.43. The zero-order valence-corrected chi connectivity index (χ0v) is 28.3. The molecule has 13 heteroatoms. The van der Waals surface area contributed by atoms with Crippen molar-refractivity contribution in [2.75, 3.05) is 38.2 Å². The van der Waals surface area contributed by atoms with Crippen LogP contribution < -0.4 is 14.8 Å². The van der Waals surface area contributed by atoms with Gasteiger partial charge in [0.2, 0.25) is 11.1 Å². The number of hydrogen-bond acceptors (Lipinski definition) is 9. The number of likely N-dealkylation sites (tertiary alicyclic amines) is 1. The molecule has 1 amide bonds. The van der Waals surface area contributed by atoms with Crippen molar-refractivity contribution in [3.8, 4) is 11.5 Å². The average molecular weight is 717 g/mol. The number of carbonyl (C=O) groups excluding carboxylic acids is 2. The Morgan fingerprint density at radius 1 is 1.20 bits per heavy atom. The van der Waals surface area contributed by atoms with E-state index in [1.165, 1.54) is 17.8 Å². The fourth-order valence-corrected chi connectivity index (χ4v) is 6.94. The molecule has 0 saturated carbocycles. The SMILES string of the molecule is C=CCOC(=O)C1=C(C)Nc2nc(SCc3ccccc3Cl)nn2C1c1cc(Br)c(OCC(=O)N2CCCCC2)c(OCC)c1. The fourth-order valence-electron chi connectivity index (χ4n) is 5.25. The summed E-state index contributed by atoms with van der Waals surface area (Å²) in [5.74, 6) is 1.30. The molecule has 2 aromatic carbocycles. The Kier molecular flexibility index (Phi) is 11.1. The van der Waals surface area contributed by atoms with E-state index in [1.807, 2.05) is 42.2 Å². The minimum absolute atomic E-state index is 0.0528. The van der Waals surface area contributed by atoms with Crippen LogP contribution in [0.2, 0.25) is 5.02 Å². The highest BCUT2D eigenvalue weighted by Gasteiger charge is 2.36. The molecule has 3 aromatic rings. The van der Waals surface area contributed by atoms with Crippen LogP contribution in [0.3, 0.4) is 0 Å². The van der Waals surface area contributed by atoms with Gasteiger partial charge in [-0.2, -0.15) is 4.98 Å². The van der Waals surface area contributed by atoms with Gasteiger partial charge in [-0.1, -0.05) is 54.2 Å². The second-order valence-electron chi connectivity index (χ2n) is 10.5. The van der Waals surface area contributed by atoms with Crippen molar-refractivity contribution in [1.82, 2.24) is 19.7 Å². The summed E-state index contributed by atoms with van der Waals surface area (Å²) in [7, 11) is 0. The van der Waals surface area contributed by atoms with E-state index in [-0.39, 0.29) is 19.1 Å². The zero-order valence-electron chi connectivity index (χ0n) is 25.2. The van der Waals surface area contributed by atoms with Crippen LogP contribution in [0.1, 0.15) is 50.3 Å². The third-order valence-corrected chi connectivity index (χ3v) is 9.24. The molecule has 3 heterocycles. The van der Waals surface area contributed by atoms with E-state index in [1.54, 1.807) is 17.7 Å². The lowest BCUT2D eigenvalue weighted by Crippen LogP contribution is -2.38. The fraction of sp³-hybridized carbons (Fsp3) is 0.375. The van der Waals surface area contributed by atoms with Gasteiger partial charge in [-0.3, -0.25) is 4.79 Å². The molecular formula is C32H35BrClN5O5S. The summed E-state index contributed by atoms with van der Waals surface area (Å²) in [4.78, 5) is 32.9. The number of esters is 1. The molecule has 0 radical (unpaired) electrons. The molecule has 10 nitrogen and oxygen atoms in total. The number of aromatic nitrogens is 3. The topological polar surface area (TPSA) is 108 Å². The summed E-state index contributed by atoms with van der Waals surface area (Å²) < 4.78 is 19.8. The number of amides is 1. The van der Waals surface area contributed by atoms with Gasteiger partial charge in [0, 0.05) is 29.6 Å². The standard InChI is InChI=1S/C32H35BrClN5O5S/c1-4-15-43-30(41)27-20(3)35-31-36-32(45-19-21-11-7-8-12-24(21)34)37-39(31)28(27)22-16-23(33)29(25(17-22)42-5-2)44-18-26(40)38-13-9-6-10-14-38/h4,7-8,11-12,16-17,28H,1,5-6,9-10,13-15,18-19H2,2-3H3,(H,35,36,37). The van der Waals surface area contributed by atoms with Gasteiger partial charge in [0.15, 0.2) is 18.1 Å². The molecule has 0 aliphatic carbocycles. The molecule has 1 unspecified atom stereocenters. The molecule has 2 aliphatic heterocycles. The van der Waals surface area contributed by atoms with Gasteiger partial charge >= 0.3 is 5.97 Å². The normalized spacial score (nSPS) is 16.1. The second kappa shape index (κ2) is 15.2. The first-order valence-electron chi connectivity index (χ1n) is 14.8. The van der Waals surface area contributed by atoms with Crippen LogP contribution >= 0.6 is 39.3 Å². The van der Waals surface area contributed by atoms with Crippen LogP contribution in [-0.4, -0.2) is 64.5 Å². The van der Waals surface area contributed by atoms with Crippen LogP contribution in [0, 0.1) is 0 Å². The van der Waals surface area contributed by atoms with Gasteiger partial charge < -0.3 is 24.4 Å². The number of allylic oxidation sites excluding steroid dienone is 1. The number of benzene rings is 2. The first-order valence-corrected chi connectivity index (χ1v) is 16.9. The van der Waals surface area contributed by atoms with Crippen LogP contribution in [0.4, 0.5) is 5.95 Å². The molecule has 45 heavy (non-hydrogen) atoms. The molecule has 2 aliphatic rings. The molecule has 1 fully saturated rings. The number of fused-ring (bicyclic) bond motifs is 1. The largest absolute Gasteiger partial charge is 0.490 e. The van der Waals surface area contributed by atoms with E-state index in [4.69, 9.17) is 35.9 Å². The molecule has 1 saturated heterocycles. The van der Waals surface area contributed by atoms with Crippen molar-refractivity contribution < 1.29 is 23.8 Å². The molecule has 5 rings (SSSR count). The van der Waals surface area contributed by atoms with E-state index in [2.05, 4.69) is 27.8 Å². The van der Waals surface area contributed by atoms with Gasteiger partial charge in [0.1, 0.15) is 12.6 Å². The number of nitrogens with zero attached hydrogens (tertiary/aromatic N) is 4. The van der Waals surface area contributed by atoms with E-state index in [9.17, 15) is 9.59 Å². The summed E-state index contributed by atoms with van der Waals surface area (Å²) in [6.45, 7) is 9.12. The lowest BCUT2D eigenvalue weighted by atomic mass is 9.95. The number of halogens is 2. The molecule has 1 N–H and O–H groups in total. The minimum atomic E-state index is -0.708. The summed E-state index contributed by atoms with van der Waals surface area (Å²) >= 11 is 11.5. The number of ether oxygens (including phenoxy) is 3. The first-order chi connectivity index (χ1) is 21.8. The number of nitrogens with one attached hydrogen (secondary N) is 1. The van der Waals surface area contributed by atoms with E-state index < -0.39 is 12.0 Å². The quantitative estimate of drug-likeness (QED) is 0.123. The maximum atomic E-state index is 13.4. The van der Waals surface area contributed by atoms with Crippen LogP contribution in [-0.2, 0) is 20.1 Å². The van der Waals surface area contributed by atoms with Crippen molar-refractivity contribution in [3.63, 3.8) is 0 Å². The molecule has 1 aromatic heterocycles. The monoisotopic (exact) mass is 715 g/mol. The summed E-state index contributed by atoms with van der Waals surface area (Å²) in [6, 6.07) is 10.6. The highest BCUT2D eigenvalue weighted by molar-refractivity contribution is 9.10. The third kappa shape index (κ3) is 7.67. The van der Waals surface area contributed by atoms with Crippen molar-refractivity contribution in [2.45, 2.75) is 50.1 Å². The summed E-state index contributed by atoms with van der Waals surface area (Å²) in [5.41, 5.74) is 2.59. The Morgan fingerprint density at radius 2 is 1.98 bits per heavy atom. The molecular weight excluding hydrogens is 682 g/mol. The van der Waals surface area contributed by atoms with Gasteiger partial charge in [-0.05, 0) is 78.4 Å². The molecule has 238 valence electrons. The van der Waals surface area contributed by atoms with Crippen LogP contribution in [0.25, 0.3) is 0 Å². The Hall–Kier alpha value is -3.48. The highest BCUT2D eigenvalue weighted by atomic mass is 79.9. The molecule has 1 atom stereocenters. The zero-order chi connectivity index (χ0) is 31.9. The lowest BCUT2D eigenvalue weighted by molar-refractivity contribution is -0.138. The Labute approximate surface area is 280 Å². The van der Waals surface area contributed by atoms with Gasteiger partial charge in [-0.15, -0.1) is 5.10 Å². The Balaban J connectivity index is 1.49. The maximum absolute atomic E-state index is 13.4. The smallest absolute Gasteiger partial charge is 0.338 e. The van der Waals surface area contributed by atoms with Gasteiger partial charge in [0.05, 0.1) is 16.7 Å². The Bertz CT molecular complexity index is 1610. The number of hydrogen-bond donors (Lipinski definition) is 1.